The SMILES string of the molecule is CNc1cc2ncc(-c3cc(NC(=O)c4noc5c4CC(F)(F)CC5)cnc3C)cc2cn1. The first kappa shape index (κ1) is 20.9. The normalized spacial score (nSPS) is 14.7. The lowest BCUT2D eigenvalue weighted by atomic mass is 9.93. The highest BCUT2D eigenvalue weighted by atomic mass is 19.3. The molecule has 0 aromatic carbocycles. The van der Waals surface area contributed by atoms with Crippen LogP contribution in [-0.2, 0) is 12.8 Å². The van der Waals surface area contributed by atoms with E-state index in [-0.39, 0.29) is 24.1 Å². The Hall–Kier alpha value is -3.95. The summed E-state index contributed by atoms with van der Waals surface area (Å²) in [7, 11) is 1.79. The van der Waals surface area contributed by atoms with Crippen LogP contribution in [0.4, 0.5) is 20.3 Å². The molecular weight excluding hydrogens is 430 g/mol. The third kappa shape index (κ3) is 3.99. The van der Waals surface area contributed by atoms with Crippen LogP contribution in [0.1, 0.15) is 33.9 Å². The number of anilines is 2. The highest BCUT2D eigenvalue weighted by molar-refractivity contribution is 6.04. The fraction of sp³-hybridized carbons (Fsp3) is 0.261. The van der Waals surface area contributed by atoms with Crippen molar-refractivity contribution in [3.8, 4) is 11.1 Å². The Bertz CT molecular complexity index is 1380. The van der Waals surface area contributed by atoms with Gasteiger partial charge in [0.1, 0.15) is 11.6 Å². The molecule has 4 heterocycles. The lowest BCUT2D eigenvalue weighted by Gasteiger charge is -2.20. The fourth-order valence-corrected chi connectivity index (χ4v) is 3.93. The predicted octanol–water partition coefficient (Wildman–Crippen LogP) is 4.41. The molecule has 5 rings (SSSR count). The zero-order valence-corrected chi connectivity index (χ0v) is 17.9. The van der Waals surface area contributed by atoms with Crippen molar-refractivity contribution in [2.24, 2.45) is 0 Å². The van der Waals surface area contributed by atoms with Gasteiger partial charge >= 0.3 is 0 Å². The average Bonchev–Trinajstić information content (AvgIpc) is 3.21. The molecular formula is C23H20F2N6O2. The molecule has 4 aromatic heterocycles. The number of halogens is 2. The van der Waals surface area contributed by atoms with Crippen molar-refractivity contribution in [1.29, 1.82) is 0 Å². The molecule has 1 aliphatic rings. The maximum absolute atomic E-state index is 13.8. The number of alkyl halides is 2. The maximum atomic E-state index is 13.8. The first-order chi connectivity index (χ1) is 15.8. The summed E-state index contributed by atoms with van der Waals surface area (Å²) in [5.41, 5.74) is 3.56. The molecule has 1 aliphatic carbocycles. The number of amides is 1. The van der Waals surface area contributed by atoms with E-state index < -0.39 is 18.3 Å². The summed E-state index contributed by atoms with van der Waals surface area (Å²) in [4.78, 5) is 26.0. The second-order valence-electron chi connectivity index (χ2n) is 8.01. The Morgan fingerprint density at radius 3 is 2.79 bits per heavy atom. The molecule has 0 unspecified atom stereocenters. The van der Waals surface area contributed by atoms with Gasteiger partial charge in [-0.1, -0.05) is 5.16 Å². The van der Waals surface area contributed by atoms with Crippen LogP contribution in [0, 0.1) is 6.92 Å². The highest BCUT2D eigenvalue weighted by Crippen LogP contribution is 2.35. The van der Waals surface area contributed by atoms with Gasteiger partial charge < -0.3 is 15.2 Å². The van der Waals surface area contributed by atoms with Crippen LogP contribution in [0.5, 0.6) is 0 Å². The molecule has 33 heavy (non-hydrogen) atoms. The number of nitrogens with one attached hydrogen (secondary N) is 2. The number of nitrogens with zero attached hydrogens (tertiary/aromatic N) is 4. The molecule has 10 heteroatoms. The zero-order valence-electron chi connectivity index (χ0n) is 17.9. The van der Waals surface area contributed by atoms with Crippen LogP contribution in [0.2, 0.25) is 0 Å². The smallest absolute Gasteiger partial charge is 0.278 e. The van der Waals surface area contributed by atoms with Crippen LogP contribution in [0.15, 0.2) is 41.3 Å². The molecule has 0 atom stereocenters. The summed E-state index contributed by atoms with van der Waals surface area (Å²) in [5.74, 6) is -2.43. The summed E-state index contributed by atoms with van der Waals surface area (Å²) in [6, 6.07) is 5.56. The van der Waals surface area contributed by atoms with E-state index in [9.17, 15) is 13.6 Å². The van der Waals surface area contributed by atoms with E-state index in [2.05, 4.69) is 30.7 Å². The van der Waals surface area contributed by atoms with Crippen LogP contribution >= 0.6 is 0 Å². The van der Waals surface area contributed by atoms with Crippen molar-refractivity contribution in [3.63, 3.8) is 0 Å². The van der Waals surface area contributed by atoms with E-state index in [1.165, 1.54) is 6.20 Å². The van der Waals surface area contributed by atoms with Crippen molar-refractivity contribution in [2.45, 2.75) is 32.1 Å². The average molecular weight is 450 g/mol. The van der Waals surface area contributed by atoms with Crippen LogP contribution in [0.3, 0.4) is 0 Å². The minimum absolute atomic E-state index is 0.0540. The number of fused-ring (bicyclic) bond motifs is 2. The Labute approximate surface area is 187 Å². The first-order valence-electron chi connectivity index (χ1n) is 10.4. The summed E-state index contributed by atoms with van der Waals surface area (Å²) in [6.45, 7) is 1.85. The van der Waals surface area contributed by atoms with E-state index >= 15 is 0 Å². The van der Waals surface area contributed by atoms with Gasteiger partial charge in [-0.15, -0.1) is 0 Å². The number of carbonyl (C=O) groups is 1. The molecule has 0 saturated heterocycles. The Morgan fingerprint density at radius 2 is 1.97 bits per heavy atom. The third-order valence-corrected chi connectivity index (χ3v) is 5.72. The predicted molar refractivity (Wildman–Crippen MR) is 118 cm³/mol. The second-order valence-corrected chi connectivity index (χ2v) is 8.01. The fourth-order valence-electron chi connectivity index (χ4n) is 3.93. The van der Waals surface area contributed by atoms with Gasteiger partial charge in [0.25, 0.3) is 11.8 Å². The number of hydrogen-bond donors (Lipinski definition) is 2. The van der Waals surface area contributed by atoms with Gasteiger partial charge in [0.2, 0.25) is 0 Å². The molecule has 168 valence electrons. The lowest BCUT2D eigenvalue weighted by Crippen LogP contribution is -2.27. The van der Waals surface area contributed by atoms with Crippen molar-refractivity contribution in [3.05, 3.63) is 59.5 Å². The number of rotatable bonds is 4. The largest absolute Gasteiger partial charge is 0.373 e. The van der Waals surface area contributed by atoms with E-state index in [0.29, 0.717) is 11.4 Å². The molecule has 0 aliphatic heterocycles. The zero-order chi connectivity index (χ0) is 23.2. The van der Waals surface area contributed by atoms with Crippen molar-refractivity contribution in [1.82, 2.24) is 20.1 Å². The van der Waals surface area contributed by atoms with Crippen LogP contribution in [-0.4, -0.2) is 39.0 Å². The molecule has 0 radical (unpaired) electrons. The van der Waals surface area contributed by atoms with Gasteiger partial charge in [-0.05, 0) is 19.1 Å². The van der Waals surface area contributed by atoms with E-state index in [1.54, 1.807) is 25.5 Å². The van der Waals surface area contributed by atoms with Gasteiger partial charge in [-0.25, -0.2) is 13.8 Å². The summed E-state index contributed by atoms with van der Waals surface area (Å²) >= 11 is 0. The first-order valence-corrected chi connectivity index (χ1v) is 10.4. The Kier molecular flexibility index (Phi) is 4.99. The molecule has 0 fully saturated rings. The van der Waals surface area contributed by atoms with Gasteiger partial charge in [0, 0.05) is 72.5 Å². The Balaban J connectivity index is 1.44. The molecule has 0 bridgehead atoms. The number of hydrogen-bond acceptors (Lipinski definition) is 7. The van der Waals surface area contributed by atoms with Crippen molar-refractivity contribution >= 4 is 28.3 Å². The number of aryl methyl sites for hydroxylation is 2. The second kappa shape index (κ2) is 7.88. The highest BCUT2D eigenvalue weighted by Gasteiger charge is 2.39. The van der Waals surface area contributed by atoms with Crippen LogP contribution in [0.25, 0.3) is 22.0 Å². The summed E-state index contributed by atoms with van der Waals surface area (Å²) in [5, 5.41) is 10.3. The lowest BCUT2D eigenvalue weighted by molar-refractivity contribution is -0.0147. The van der Waals surface area contributed by atoms with Gasteiger partial charge in [-0.3, -0.25) is 14.8 Å². The molecule has 1 amide bonds. The topological polar surface area (TPSA) is 106 Å². The molecule has 2 N–H and O–H groups in total. The third-order valence-electron chi connectivity index (χ3n) is 5.72. The van der Waals surface area contributed by atoms with Gasteiger partial charge in [-0.2, -0.15) is 0 Å². The number of aromatic nitrogens is 4. The monoisotopic (exact) mass is 450 g/mol. The quantitative estimate of drug-likeness (QED) is 0.474. The standard InChI is InChI=1S/C23H20F2N6O2/c1-12-16(13-5-14-10-29-20(26-2)7-18(14)28-9-13)6-15(11-27-12)30-22(32)21-17-8-23(24,25)4-3-19(17)33-31-21/h5-7,9-11H,3-4,8H2,1-2H3,(H,26,29)(H,30,32). The van der Waals surface area contributed by atoms with Gasteiger partial charge in [0.05, 0.1) is 17.4 Å². The summed E-state index contributed by atoms with van der Waals surface area (Å²) in [6.07, 6.45) is 4.15. The Morgan fingerprint density at radius 1 is 1.12 bits per heavy atom. The van der Waals surface area contributed by atoms with Crippen molar-refractivity contribution in [2.75, 3.05) is 17.7 Å². The molecule has 0 saturated carbocycles. The molecule has 4 aromatic rings. The van der Waals surface area contributed by atoms with E-state index in [4.69, 9.17) is 4.52 Å². The molecule has 8 nitrogen and oxygen atoms in total. The number of pyridine rings is 3. The minimum Gasteiger partial charge on any atom is -0.373 e. The summed E-state index contributed by atoms with van der Waals surface area (Å²) < 4.78 is 32.8. The maximum Gasteiger partial charge on any atom is 0.278 e. The van der Waals surface area contributed by atoms with Gasteiger partial charge in [0.15, 0.2) is 5.69 Å². The van der Waals surface area contributed by atoms with E-state index in [0.717, 1.165) is 33.5 Å². The number of carbonyl (C=O) groups excluding carboxylic acids is 1. The van der Waals surface area contributed by atoms with E-state index in [1.807, 2.05) is 19.1 Å². The van der Waals surface area contributed by atoms with Crippen molar-refractivity contribution < 1.29 is 18.1 Å². The minimum atomic E-state index is -2.88. The molecule has 0 spiro atoms. The van der Waals surface area contributed by atoms with Crippen LogP contribution < -0.4 is 10.6 Å².